The van der Waals surface area contributed by atoms with Crippen LogP contribution in [0.5, 0.6) is 0 Å². The van der Waals surface area contributed by atoms with E-state index in [9.17, 15) is 9.59 Å². The molecule has 0 bridgehead atoms. The van der Waals surface area contributed by atoms with E-state index in [1.54, 1.807) is 36.4 Å². The molecule has 1 aromatic carbocycles. The third-order valence-corrected chi connectivity index (χ3v) is 3.03. The molecule has 1 N–H and O–H groups in total. The molecule has 1 aliphatic rings. The van der Waals surface area contributed by atoms with Gasteiger partial charge in [-0.05, 0) is 12.1 Å². The zero-order chi connectivity index (χ0) is 13.8. The molecule has 1 aromatic rings. The zero-order valence-corrected chi connectivity index (χ0v) is 11.3. The molecule has 0 atom stereocenters. The van der Waals surface area contributed by atoms with Crippen LogP contribution in [0.3, 0.4) is 0 Å². The summed E-state index contributed by atoms with van der Waals surface area (Å²) in [5.41, 5.74) is 0.558. The predicted octanol–water partition coefficient (Wildman–Crippen LogP) is 2.51. The largest absolute Gasteiger partial charge is 0.288 e. The van der Waals surface area contributed by atoms with Crippen LogP contribution in [0.1, 0.15) is 10.4 Å². The van der Waals surface area contributed by atoms with Crippen molar-refractivity contribution < 1.29 is 9.59 Å². The summed E-state index contributed by atoms with van der Waals surface area (Å²) >= 11 is 11.6. The van der Waals surface area contributed by atoms with Gasteiger partial charge in [-0.2, -0.15) is 0 Å². The summed E-state index contributed by atoms with van der Waals surface area (Å²) < 4.78 is 1.33. The maximum atomic E-state index is 11.9. The van der Waals surface area contributed by atoms with E-state index in [0.29, 0.717) is 17.1 Å². The number of nitrogens with zero attached hydrogens (tertiary/aromatic N) is 1. The maximum absolute atomic E-state index is 11.9. The minimum Gasteiger partial charge on any atom is -0.288 e. The minimum absolute atomic E-state index is 0.251. The van der Waals surface area contributed by atoms with Crippen molar-refractivity contribution in [1.82, 2.24) is 9.74 Å². The fraction of sp³-hybridized carbons (Fsp3) is 0.0769. The van der Waals surface area contributed by atoms with Crippen LogP contribution in [0.15, 0.2) is 48.2 Å². The lowest BCUT2D eigenvalue weighted by atomic mass is 10.2. The highest BCUT2D eigenvalue weighted by Gasteiger charge is 2.16. The second kappa shape index (κ2) is 5.91. The van der Waals surface area contributed by atoms with Crippen molar-refractivity contribution in [3.63, 3.8) is 0 Å². The van der Waals surface area contributed by atoms with Gasteiger partial charge >= 0.3 is 0 Å². The van der Waals surface area contributed by atoms with E-state index in [0.717, 1.165) is 0 Å². The van der Waals surface area contributed by atoms with Crippen molar-refractivity contribution in [2.45, 2.75) is 0 Å². The lowest BCUT2D eigenvalue weighted by Gasteiger charge is -2.14. The van der Waals surface area contributed by atoms with Gasteiger partial charge in [0.1, 0.15) is 0 Å². The van der Waals surface area contributed by atoms with Gasteiger partial charge in [-0.25, -0.2) is 0 Å². The zero-order valence-electron chi connectivity index (χ0n) is 9.77. The number of benzene rings is 1. The molecule has 0 fully saturated rings. The number of rotatable bonds is 2. The number of amides is 2. The molecule has 1 aliphatic heterocycles. The number of hydrogen-bond acceptors (Lipinski definition) is 3. The first kappa shape index (κ1) is 13.6. The predicted molar refractivity (Wildman–Crippen MR) is 73.7 cm³/mol. The Morgan fingerprint density at radius 2 is 1.95 bits per heavy atom. The number of carbonyl (C=O) groups is 2. The Kier molecular flexibility index (Phi) is 4.24. The van der Waals surface area contributed by atoms with Crippen LogP contribution in [-0.4, -0.2) is 22.8 Å². The normalized spacial score (nSPS) is 14.0. The van der Waals surface area contributed by atoms with Crippen molar-refractivity contribution in [2.75, 3.05) is 6.54 Å². The summed E-state index contributed by atoms with van der Waals surface area (Å²) in [6, 6.07) is 6.51. The van der Waals surface area contributed by atoms with E-state index in [4.69, 9.17) is 23.4 Å². The third kappa shape index (κ3) is 3.36. The van der Waals surface area contributed by atoms with Gasteiger partial charge in [-0.15, -0.1) is 0 Å². The molecule has 2 amide bonds. The third-order valence-electron chi connectivity index (χ3n) is 2.46. The van der Waals surface area contributed by atoms with Crippen LogP contribution >= 0.6 is 23.4 Å². The molecule has 6 heteroatoms. The van der Waals surface area contributed by atoms with Crippen LogP contribution in [-0.2, 0) is 4.79 Å². The number of nitrogens with one attached hydrogen (secondary N) is 1. The molecule has 0 spiro atoms. The van der Waals surface area contributed by atoms with Gasteiger partial charge in [-0.1, -0.05) is 35.9 Å². The quantitative estimate of drug-likeness (QED) is 0.674. The summed E-state index contributed by atoms with van der Waals surface area (Å²) in [6.45, 7) is 0.511. The number of halogens is 2. The van der Waals surface area contributed by atoms with Gasteiger partial charge in [0.05, 0.1) is 22.7 Å². The van der Waals surface area contributed by atoms with E-state index in [1.165, 1.54) is 10.6 Å². The highest BCUT2D eigenvalue weighted by Crippen LogP contribution is 2.15. The van der Waals surface area contributed by atoms with E-state index in [-0.39, 0.29) is 5.56 Å². The van der Waals surface area contributed by atoms with Crippen LogP contribution in [0.25, 0.3) is 0 Å². The van der Waals surface area contributed by atoms with E-state index in [2.05, 4.69) is 5.32 Å². The molecule has 0 aromatic heterocycles. The molecule has 4 nitrogen and oxygen atoms in total. The maximum Gasteiger partial charge on any atom is 0.259 e. The van der Waals surface area contributed by atoms with E-state index in [1.807, 2.05) is 0 Å². The van der Waals surface area contributed by atoms with Gasteiger partial charge in [0.25, 0.3) is 11.8 Å². The first-order valence-corrected chi connectivity index (χ1v) is 6.20. The monoisotopic (exact) mass is 296 g/mol. The molecular formula is C13H10Cl2N2O2. The standard InChI is InChI=1S/C13H10Cl2N2O2/c14-11-6-2-1-5-10(11)13(19)16-12(18)9-4-3-7-17(15)8-9/h1-6,8H,7H2,(H,16,18,19). The Hall–Kier alpha value is -1.78. The average molecular weight is 297 g/mol. The van der Waals surface area contributed by atoms with Gasteiger partial charge in [0, 0.05) is 18.0 Å². The first-order valence-electron chi connectivity index (χ1n) is 5.49. The summed E-state index contributed by atoms with van der Waals surface area (Å²) in [7, 11) is 0. The molecule has 0 saturated carbocycles. The van der Waals surface area contributed by atoms with Crippen LogP contribution < -0.4 is 5.32 Å². The smallest absolute Gasteiger partial charge is 0.259 e. The lowest BCUT2D eigenvalue weighted by Crippen LogP contribution is -2.32. The lowest BCUT2D eigenvalue weighted by molar-refractivity contribution is -0.116. The number of hydrogen-bond donors (Lipinski definition) is 1. The fourth-order valence-electron chi connectivity index (χ4n) is 1.55. The first-order chi connectivity index (χ1) is 9.08. The summed E-state index contributed by atoms with van der Waals surface area (Å²) in [5.74, 6) is -1.07. The molecule has 19 heavy (non-hydrogen) atoms. The number of imide groups is 1. The highest BCUT2D eigenvalue weighted by atomic mass is 35.5. The molecule has 0 saturated heterocycles. The average Bonchev–Trinajstić information content (AvgIpc) is 2.39. The van der Waals surface area contributed by atoms with Crippen LogP contribution in [0.2, 0.25) is 5.02 Å². The molecule has 98 valence electrons. The van der Waals surface area contributed by atoms with Crippen molar-refractivity contribution in [3.05, 3.63) is 58.8 Å². The Balaban J connectivity index is 2.10. The van der Waals surface area contributed by atoms with Crippen molar-refractivity contribution >= 4 is 35.2 Å². The van der Waals surface area contributed by atoms with E-state index >= 15 is 0 Å². The van der Waals surface area contributed by atoms with E-state index < -0.39 is 11.8 Å². The molecule has 0 unspecified atom stereocenters. The second-order valence-electron chi connectivity index (χ2n) is 3.83. The van der Waals surface area contributed by atoms with Crippen LogP contribution in [0, 0.1) is 0 Å². The van der Waals surface area contributed by atoms with Crippen molar-refractivity contribution in [1.29, 1.82) is 0 Å². The van der Waals surface area contributed by atoms with Gasteiger partial charge in [0.2, 0.25) is 0 Å². The Labute approximate surface area is 120 Å². The SMILES string of the molecule is O=C(NC(=O)c1ccccc1Cl)C1=CN(Cl)CC=C1. The summed E-state index contributed by atoms with van der Waals surface area (Å²) in [4.78, 5) is 23.7. The summed E-state index contributed by atoms with van der Waals surface area (Å²) in [5, 5.41) is 2.55. The Bertz CT molecular complexity index is 582. The van der Waals surface area contributed by atoms with Gasteiger partial charge in [-0.3, -0.25) is 19.3 Å². The molecule has 2 rings (SSSR count). The Morgan fingerprint density at radius 3 is 2.63 bits per heavy atom. The fourth-order valence-corrected chi connectivity index (χ4v) is 1.96. The van der Waals surface area contributed by atoms with Gasteiger partial charge < -0.3 is 0 Å². The van der Waals surface area contributed by atoms with Gasteiger partial charge in [0.15, 0.2) is 0 Å². The Morgan fingerprint density at radius 1 is 1.21 bits per heavy atom. The summed E-state index contributed by atoms with van der Waals surface area (Å²) in [6.07, 6.45) is 4.78. The highest BCUT2D eigenvalue weighted by molar-refractivity contribution is 6.34. The second-order valence-corrected chi connectivity index (χ2v) is 4.67. The van der Waals surface area contributed by atoms with Crippen molar-refractivity contribution in [3.8, 4) is 0 Å². The molecule has 1 heterocycles. The molecule has 0 aliphatic carbocycles. The van der Waals surface area contributed by atoms with Crippen molar-refractivity contribution in [2.24, 2.45) is 0 Å². The number of carbonyl (C=O) groups excluding carboxylic acids is 2. The van der Waals surface area contributed by atoms with Crippen LogP contribution in [0.4, 0.5) is 0 Å². The topological polar surface area (TPSA) is 49.4 Å². The molecular weight excluding hydrogens is 287 g/mol. The minimum atomic E-state index is -0.545. The molecule has 0 radical (unpaired) electrons.